The van der Waals surface area contributed by atoms with Crippen molar-refractivity contribution >= 4 is 11.8 Å². The van der Waals surface area contributed by atoms with Gasteiger partial charge >= 0.3 is 5.97 Å². The molecule has 0 aliphatic heterocycles. The Labute approximate surface area is 146 Å². The highest BCUT2D eigenvalue weighted by Gasteiger charge is 2.25. The second-order valence-electron chi connectivity index (χ2n) is 6.22. The van der Waals surface area contributed by atoms with E-state index in [1.54, 1.807) is 6.92 Å². The van der Waals surface area contributed by atoms with Crippen LogP contribution in [-0.4, -0.2) is 43.4 Å². The van der Waals surface area contributed by atoms with Crippen molar-refractivity contribution in [3.63, 3.8) is 0 Å². The lowest BCUT2D eigenvalue weighted by molar-refractivity contribution is -0.148. The van der Waals surface area contributed by atoms with Crippen molar-refractivity contribution in [3.05, 3.63) is 34.9 Å². The number of hydrogen-bond acceptors (Lipinski definition) is 4. The summed E-state index contributed by atoms with van der Waals surface area (Å²) in [5.74, 6) is -0.0373. The minimum absolute atomic E-state index is 0.0272. The Kier molecular flexibility index (Phi) is 8.69. The predicted molar refractivity (Wildman–Crippen MR) is 97.4 cm³/mol. The van der Waals surface area contributed by atoms with E-state index < -0.39 is 0 Å². The third-order valence-corrected chi connectivity index (χ3v) is 4.54. The van der Waals surface area contributed by atoms with Crippen LogP contribution in [0.5, 0.6) is 0 Å². The maximum Gasteiger partial charge on any atom is 0.309 e. The van der Waals surface area contributed by atoms with Crippen molar-refractivity contribution in [2.75, 3.05) is 26.7 Å². The molecule has 0 radical (unpaired) electrons. The van der Waals surface area contributed by atoms with Crippen LogP contribution in [0.15, 0.2) is 18.2 Å². The Morgan fingerprint density at radius 3 is 2.33 bits per heavy atom. The van der Waals surface area contributed by atoms with Crippen LogP contribution in [0, 0.1) is 5.92 Å². The molecule has 0 bridgehead atoms. The molecule has 1 aliphatic carbocycles. The highest BCUT2D eigenvalue weighted by atomic mass is 16.5. The van der Waals surface area contributed by atoms with Gasteiger partial charge in [0.05, 0.1) is 12.5 Å². The summed E-state index contributed by atoms with van der Waals surface area (Å²) in [6, 6.07) is 5.77. The fraction of sp³-hybridized carbons (Fsp3) is 0.600. The Balaban J connectivity index is 0.000000413. The summed E-state index contributed by atoms with van der Waals surface area (Å²) in [5, 5.41) is 0. The van der Waals surface area contributed by atoms with Crippen LogP contribution in [0.4, 0.5) is 0 Å². The van der Waals surface area contributed by atoms with E-state index in [9.17, 15) is 9.59 Å². The van der Waals surface area contributed by atoms with Gasteiger partial charge in [-0.25, -0.2) is 0 Å². The van der Waals surface area contributed by atoms with E-state index in [4.69, 9.17) is 4.74 Å². The van der Waals surface area contributed by atoms with Gasteiger partial charge in [0.1, 0.15) is 0 Å². The van der Waals surface area contributed by atoms with Gasteiger partial charge in [0.25, 0.3) is 0 Å². The Hall–Kier alpha value is -1.68. The quantitative estimate of drug-likeness (QED) is 0.611. The van der Waals surface area contributed by atoms with Gasteiger partial charge in [-0.15, -0.1) is 0 Å². The van der Waals surface area contributed by atoms with Crippen LogP contribution in [-0.2, 0) is 22.4 Å². The van der Waals surface area contributed by atoms with Crippen LogP contribution >= 0.6 is 0 Å². The normalized spacial score (nSPS) is 16.0. The van der Waals surface area contributed by atoms with Gasteiger partial charge in [-0.05, 0) is 70.4 Å². The molecule has 0 aromatic heterocycles. The number of esters is 1. The average Bonchev–Trinajstić information content (AvgIpc) is 2.60. The highest BCUT2D eigenvalue weighted by molar-refractivity contribution is 5.94. The maximum absolute atomic E-state index is 11.7. The minimum atomic E-state index is -0.0983. The van der Waals surface area contributed by atoms with E-state index in [2.05, 4.69) is 25.8 Å². The minimum Gasteiger partial charge on any atom is -0.466 e. The Bertz CT molecular complexity index is 550. The van der Waals surface area contributed by atoms with Gasteiger partial charge in [0.15, 0.2) is 5.78 Å². The fourth-order valence-electron chi connectivity index (χ4n) is 2.66. The maximum atomic E-state index is 11.7. The van der Waals surface area contributed by atoms with E-state index in [0.717, 1.165) is 37.9 Å². The molecule has 0 saturated heterocycles. The van der Waals surface area contributed by atoms with Gasteiger partial charge in [-0.2, -0.15) is 0 Å². The first kappa shape index (κ1) is 20.4. The van der Waals surface area contributed by atoms with Crippen molar-refractivity contribution in [1.82, 2.24) is 4.90 Å². The molecular weight excluding hydrogens is 302 g/mol. The highest BCUT2D eigenvalue weighted by Crippen LogP contribution is 2.27. The number of carbonyl (C=O) groups is 2. The smallest absolute Gasteiger partial charge is 0.309 e. The van der Waals surface area contributed by atoms with Crippen LogP contribution < -0.4 is 0 Å². The number of nitrogens with zero attached hydrogens (tertiary/aromatic N) is 1. The van der Waals surface area contributed by atoms with Crippen molar-refractivity contribution in [2.24, 2.45) is 5.92 Å². The molecule has 0 spiro atoms. The molecule has 1 aliphatic rings. The number of carbonyl (C=O) groups excluding carboxylic acids is 2. The number of Topliss-reactive ketones (excluding diaryl/α,β-unsaturated/α-hetero) is 1. The van der Waals surface area contributed by atoms with Gasteiger partial charge < -0.3 is 9.64 Å². The molecule has 1 aromatic rings. The number of ether oxygens (including phenoxy) is 1. The summed E-state index contributed by atoms with van der Waals surface area (Å²) >= 11 is 0. The molecule has 0 heterocycles. The summed E-state index contributed by atoms with van der Waals surface area (Å²) < 4.78 is 5.07. The molecule has 0 saturated carbocycles. The zero-order valence-corrected chi connectivity index (χ0v) is 15.7. The molecule has 134 valence electrons. The number of ketones is 1. The van der Waals surface area contributed by atoms with E-state index in [0.29, 0.717) is 6.61 Å². The monoisotopic (exact) mass is 333 g/mol. The summed E-state index contributed by atoms with van der Waals surface area (Å²) in [6.45, 7) is 10.5. The molecule has 1 aromatic carbocycles. The molecule has 2 rings (SSSR count). The van der Waals surface area contributed by atoms with Crippen LogP contribution in [0.2, 0.25) is 0 Å². The molecule has 1 atom stereocenters. The third-order valence-electron chi connectivity index (χ3n) is 4.54. The van der Waals surface area contributed by atoms with Gasteiger partial charge in [-0.1, -0.05) is 26.0 Å². The number of hydrogen-bond donors (Lipinski definition) is 0. The van der Waals surface area contributed by atoms with E-state index in [1.807, 2.05) is 25.1 Å². The lowest BCUT2D eigenvalue weighted by atomic mass is 9.83. The predicted octanol–water partition coefficient (Wildman–Crippen LogP) is 3.52. The van der Waals surface area contributed by atoms with E-state index in [1.165, 1.54) is 11.1 Å². The fourth-order valence-corrected chi connectivity index (χ4v) is 2.66. The van der Waals surface area contributed by atoms with Gasteiger partial charge in [0, 0.05) is 5.56 Å². The molecule has 4 heteroatoms. The second kappa shape index (κ2) is 10.2. The first-order chi connectivity index (χ1) is 11.4. The van der Waals surface area contributed by atoms with Crippen molar-refractivity contribution in [1.29, 1.82) is 0 Å². The topological polar surface area (TPSA) is 46.6 Å². The standard InChI is InChI=1S/C15H18O3.C5H13N/c1-3-18-15(17)14-7-6-12-8-11(10(2)16)4-5-13(12)9-14;1-4-6(3)5-2/h4-5,8,14H,3,6-7,9H2,1-2H3;4-5H2,1-3H3. The molecule has 24 heavy (non-hydrogen) atoms. The number of benzene rings is 1. The van der Waals surface area contributed by atoms with Crippen LogP contribution in [0.3, 0.4) is 0 Å². The zero-order valence-electron chi connectivity index (χ0n) is 15.7. The summed E-state index contributed by atoms with van der Waals surface area (Å²) in [4.78, 5) is 25.3. The molecule has 0 fully saturated rings. The molecule has 1 unspecified atom stereocenters. The Morgan fingerprint density at radius 1 is 1.17 bits per heavy atom. The third kappa shape index (κ3) is 6.08. The lowest BCUT2D eigenvalue weighted by Crippen LogP contribution is -2.24. The molecule has 0 N–H and O–H groups in total. The number of rotatable bonds is 5. The van der Waals surface area contributed by atoms with Gasteiger partial charge in [0.2, 0.25) is 0 Å². The zero-order chi connectivity index (χ0) is 18.1. The number of fused-ring (bicyclic) bond motifs is 1. The molecule has 0 amide bonds. The number of aryl methyl sites for hydroxylation is 1. The average molecular weight is 333 g/mol. The first-order valence-corrected chi connectivity index (χ1v) is 8.90. The lowest BCUT2D eigenvalue weighted by Gasteiger charge is -2.23. The van der Waals surface area contributed by atoms with Crippen LogP contribution in [0.1, 0.15) is 55.6 Å². The van der Waals surface area contributed by atoms with E-state index in [-0.39, 0.29) is 17.7 Å². The largest absolute Gasteiger partial charge is 0.466 e. The van der Waals surface area contributed by atoms with Crippen molar-refractivity contribution in [3.8, 4) is 0 Å². The summed E-state index contributed by atoms with van der Waals surface area (Å²) in [5.41, 5.74) is 3.12. The van der Waals surface area contributed by atoms with Crippen molar-refractivity contribution < 1.29 is 14.3 Å². The van der Waals surface area contributed by atoms with Crippen molar-refractivity contribution in [2.45, 2.75) is 47.0 Å². The second-order valence-corrected chi connectivity index (χ2v) is 6.22. The Morgan fingerprint density at radius 2 is 1.83 bits per heavy atom. The SMILES string of the molecule is CCN(C)CC.CCOC(=O)C1CCc2cc(C(C)=O)ccc2C1. The van der Waals surface area contributed by atoms with Crippen LogP contribution in [0.25, 0.3) is 0 Å². The molecule has 4 nitrogen and oxygen atoms in total. The summed E-state index contributed by atoms with van der Waals surface area (Å²) in [7, 11) is 2.11. The first-order valence-electron chi connectivity index (χ1n) is 8.90. The van der Waals surface area contributed by atoms with E-state index >= 15 is 0 Å². The molecular formula is C20H31NO3. The summed E-state index contributed by atoms with van der Waals surface area (Å²) in [6.07, 6.45) is 2.39. The van der Waals surface area contributed by atoms with Gasteiger partial charge in [-0.3, -0.25) is 9.59 Å².